The molecule has 2 nitrogen and oxygen atoms in total. The number of allylic oxidation sites excluding steroid dienone is 6. The van der Waals surface area contributed by atoms with Crippen LogP contribution in [0.2, 0.25) is 0 Å². The summed E-state index contributed by atoms with van der Waals surface area (Å²) in [5, 5.41) is 5.12. The first kappa shape index (κ1) is 14.6. The summed E-state index contributed by atoms with van der Waals surface area (Å²) >= 11 is 0. The summed E-state index contributed by atoms with van der Waals surface area (Å²) < 4.78 is 2.40. The summed E-state index contributed by atoms with van der Waals surface area (Å²) in [5.41, 5.74) is 6.07. The highest BCUT2D eigenvalue weighted by molar-refractivity contribution is 6.23. The third kappa shape index (κ3) is 2.01. The minimum absolute atomic E-state index is 0.971. The average Bonchev–Trinajstić information content (AvgIpc) is 3.12. The fourth-order valence-corrected chi connectivity index (χ4v) is 4.36. The molecule has 2 heterocycles. The summed E-state index contributed by atoms with van der Waals surface area (Å²) in [6.45, 7) is 0. The van der Waals surface area contributed by atoms with Crippen LogP contribution in [0.15, 0.2) is 91.0 Å². The van der Waals surface area contributed by atoms with Crippen LogP contribution in [0, 0.1) is 0 Å². The summed E-state index contributed by atoms with van der Waals surface area (Å²) in [6.07, 6.45) is 12.0. The zero-order chi connectivity index (χ0) is 17.8. The molecule has 0 unspecified atom stereocenters. The van der Waals surface area contributed by atoms with Gasteiger partial charge in [0.05, 0.1) is 16.6 Å². The minimum Gasteiger partial charge on any atom is -0.353 e. The van der Waals surface area contributed by atoms with Crippen LogP contribution in [0.4, 0.5) is 0 Å². The number of para-hydroxylation sites is 2. The highest BCUT2D eigenvalue weighted by atomic mass is 15.0. The number of nitrogens with one attached hydrogen (secondary N) is 1. The predicted molar refractivity (Wildman–Crippen MR) is 116 cm³/mol. The number of rotatable bonds is 1. The zero-order valence-electron chi connectivity index (χ0n) is 14.8. The van der Waals surface area contributed by atoms with E-state index in [1.807, 2.05) is 0 Å². The summed E-state index contributed by atoms with van der Waals surface area (Å²) in [7, 11) is 0. The van der Waals surface area contributed by atoms with Crippen molar-refractivity contribution >= 4 is 49.3 Å². The van der Waals surface area contributed by atoms with Gasteiger partial charge in [-0.1, -0.05) is 66.8 Å². The molecule has 0 saturated heterocycles. The number of H-pyrrole nitrogens is 1. The van der Waals surface area contributed by atoms with E-state index in [9.17, 15) is 0 Å². The van der Waals surface area contributed by atoms with E-state index in [1.54, 1.807) is 0 Å². The second kappa shape index (κ2) is 5.49. The van der Waals surface area contributed by atoms with Crippen molar-refractivity contribution in [2.24, 2.45) is 0 Å². The van der Waals surface area contributed by atoms with Gasteiger partial charge in [0.15, 0.2) is 0 Å². The molecule has 0 radical (unpaired) electrons. The number of fused-ring (bicyclic) bond motifs is 7. The Labute approximate surface area is 156 Å². The monoisotopic (exact) mass is 346 g/mol. The first-order valence-corrected chi connectivity index (χ1v) is 9.38. The molecule has 128 valence electrons. The van der Waals surface area contributed by atoms with Crippen molar-refractivity contribution in [3.05, 3.63) is 91.0 Å². The van der Waals surface area contributed by atoms with Crippen LogP contribution in [-0.4, -0.2) is 9.55 Å². The van der Waals surface area contributed by atoms with E-state index >= 15 is 0 Å². The second-order valence-corrected chi connectivity index (χ2v) is 7.07. The molecule has 2 heteroatoms. The van der Waals surface area contributed by atoms with E-state index in [0.29, 0.717) is 0 Å². The Morgan fingerprint density at radius 2 is 1.56 bits per heavy atom. The van der Waals surface area contributed by atoms with Crippen molar-refractivity contribution in [3.8, 4) is 0 Å². The zero-order valence-corrected chi connectivity index (χ0v) is 14.8. The molecule has 0 amide bonds. The molecular weight excluding hydrogens is 328 g/mol. The maximum atomic E-state index is 3.69. The second-order valence-electron chi connectivity index (χ2n) is 7.07. The molecule has 0 fully saturated rings. The molecular formula is C25H18N2. The van der Waals surface area contributed by atoms with Crippen LogP contribution >= 0.6 is 0 Å². The van der Waals surface area contributed by atoms with Crippen LogP contribution in [0.25, 0.3) is 49.3 Å². The van der Waals surface area contributed by atoms with Gasteiger partial charge in [-0.15, -0.1) is 0 Å². The predicted octanol–water partition coefficient (Wildman–Crippen LogP) is 6.79. The summed E-state index contributed by atoms with van der Waals surface area (Å²) in [6, 6.07) is 21.8. The number of hydrogen-bond donors (Lipinski definition) is 1. The largest absolute Gasteiger partial charge is 0.353 e. The van der Waals surface area contributed by atoms with Crippen LogP contribution in [0.5, 0.6) is 0 Å². The van der Waals surface area contributed by atoms with E-state index in [0.717, 1.165) is 6.42 Å². The van der Waals surface area contributed by atoms with Gasteiger partial charge in [0.25, 0.3) is 0 Å². The lowest BCUT2D eigenvalue weighted by atomic mass is 10.1. The Morgan fingerprint density at radius 1 is 0.741 bits per heavy atom. The standard InChI is InChI=1S/C25H18N2/c1-2-4-10-17(9-3-1)27-23-14-8-6-12-19(23)21-16-15-20-18-11-5-7-13-22(18)26-24(20)25(21)27/h1,3-16,26H,2H2. The number of benzene rings is 3. The molecule has 1 aliphatic rings. The van der Waals surface area contributed by atoms with Crippen molar-refractivity contribution in [2.75, 3.05) is 0 Å². The third-order valence-electron chi connectivity index (χ3n) is 5.54. The summed E-state index contributed by atoms with van der Waals surface area (Å²) in [4.78, 5) is 3.69. The van der Waals surface area contributed by atoms with Crippen molar-refractivity contribution in [3.63, 3.8) is 0 Å². The van der Waals surface area contributed by atoms with Crippen molar-refractivity contribution in [1.82, 2.24) is 9.55 Å². The Hall–Kier alpha value is -3.52. The number of nitrogens with zero attached hydrogens (tertiary/aromatic N) is 1. The molecule has 0 spiro atoms. The molecule has 3 aromatic carbocycles. The van der Waals surface area contributed by atoms with Crippen LogP contribution in [0.3, 0.4) is 0 Å². The molecule has 1 N–H and O–H groups in total. The lowest BCUT2D eigenvalue weighted by Crippen LogP contribution is -1.94. The van der Waals surface area contributed by atoms with E-state index in [2.05, 4.69) is 101 Å². The lowest BCUT2D eigenvalue weighted by Gasteiger charge is -2.09. The minimum atomic E-state index is 0.971. The highest BCUT2D eigenvalue weighted by Crippen LogP contribution is 2.38. The van der Waals surface area contributed by atoms with Gasteiger partial charge in [0, 0.05) is 32.8 Å². The first-order chi connectivity index (χ1) is 13.4. The molecule has 1 aliphatic carbocycles. The van der Waals surface area contributed by atoms with Crippen molar-refractivity contribution < 1.29 is 0 Å². The van der Waals surface area contributed by atoms with Gasteiger partial charge in [-0.3, -0.25) is 0 Å². The van der Waals surface area contributed by atoms with Crippen LogP contribution in [0.1, 0.15) is 6.42 Å². The normalized spacial score (nSPS) is 14.4. The lowest BCUT2D eigenvalue weighted by molar-refractivity contribution is 1.24. The smallest absolute Gasteiger partial charge is 0.0783 e. The van der Waals surface area contributed by atoms with Gasteiger partial charge in [0.2, 0.25) is 0 Å². The average molecular weight is 346 g/mol. The van der Waals surface area contributed by atoms with Crippen LogP contribution in [-0.2, 0) is 0 Å². The molecule has 2 aromatic heterocycles. The number of aromatic nitrogens is 2. The van der Waals surface area contributed by atoms with Gasteiger partial charge in [-0.2, -0.15) is 0 Å². The van der Waals surface area contributed by atoms with E-state index in [-0.39, 0.29) is 0 Å². The third-order valence-corrected chi connectivity index (χ3v) is 5.54. The quantitative estimate of drug-likeness (QED) is 0.345. The molecule has 6 rings (SSSR count). The van der Waals surface area contributed by atoms with Gasteiger partial charge in [0.1, 0.15) is 0 Å². The Morgan fingerprint density at radius 3 is 2.52 bits per heavy atom. The maximum Gasteiger partial charge on any atom is 0.0783 e. The highest BCUT2D eigenvalue weighted by Gasteiger charge is 2.17. The van der Waals surface area contributed by atoms with Crippen molar-refractivity contribution in [2.45, 2.75) is 6.42 Å². The molecule has 5 aromatic rings. The fraction of sp³-hybridized carbons (Fsp3) is 0.0400. The maximum absolute atomic E-state index is 3.69. The number of hydrogen-bond acceptors (Lipinski definition) is 0. The fourth-order valence-electron chi connectivity index (χ4n) is 4.36. The summed E-state index contributed by atoms with van der Waals surface area (Å²) in [5.74, 6) is 0. The first-order valence-electron chi connectivity index (χ1n) is 9.38. The van der Waals surface area contributed by atoms with Gasteiger partial charge in [-0.05, 0) is 30.7 Å². The van der Waals surface area contributed by atoms with Gasteiger partial charge >= 0.3 is 0 Å². The molecule has 27 heavy (non-hydrogen) atoms. The Bertz CT molecular complexity index is 1440. The van der Waals surface area contributed by atoms with Gasteiger partial charge in [-0.25, -0.2) is 0 Å². The van der Waals surface area contributed by atoms with Gasteiger partial charge < -0.3 is 9.55 Å². The molecule has 0 bridgehead atoms. The number of aromatic amines is 1. The topological polar surface area (TPSA) is 20.7 Å². The van der Waals surface area contributed by atoms with Crippen molar-refractivity contribution in [1.29, 1.82) is 0 Å². The van der Waals surface area contributed by atoms with Crippen LogP contribution < -0.4 is 0 Å². The molecule has 0 atom stereocenters. The Balaban J connectivity index is 1.88. The van der Waals surface area contributed by atoms with E-state index in [1.165, 1.54) is 49.3 Å². The van der Waals surface area contributed by atoms with E-state index in [4.69, 9.17) is 0 Å². The Kier molecular flexibility index (Phi) is 2.97. The SMILES string of the molecule is C1=CCC=CC(n2c3ccccc3c3ccc4c5ccccc5[nH]c4c32)=C1. The molecule has 0 aliphatic heterocycles. The van der Waals surface area contributed by atoms with E-state index < -0.39 is 0 Å². The molecule has 0 saturated carbocycles.